The lowest BCUT2D eigenvalue weighted by atomic mass is 10.1. The zero-order valence-electron chi connectivity index (χ0n) is 15.7. The second-order valence-corrected chi connectivity index (χ2v) is 8.26. The van der Waals surface area contributed by atoms with Gasteiger partial charge in [0.25, 0.3) is 5.91 Å². The maximum Gasteiger partial charge on any atom is 0.251 e. The first kappa shape index (κ1) is 19.8. The van der Waals surface area contributed by atoms with Crippen molar-refractivity contribution in [2.24, 2.45) is 0 Å². The van der Waals surface area contributed by atoms with Gasteiger partial charge in [-0.25, -0.2) is 18.1 Å². The number of benzene rings is 2. The highest BCUT2D eigenvalue weighted by atomic mass is 32.2. The van der Waals surface area contributed by atoms with Crippen LogP contribution in [0.3, 0.4) is 0 Å². The number of amides is 1. The van der Waals surface area contributed by atoms with Crippen molar-refractivity contribution in [3.05, 3.63) is 83.4 Å². The molecule has 1 amide bonds. The lowest BCUT2D eigenvalue weighted by Crippen LogP contribution is -2.25. The number of carbonyl (C=O) groups is 1. The molecule has 1 aromatic heterocycles. The van der Waals surface area contributed by atoms with Crippen molar-refractivity contribution in [2.45, 2.75) is 24.9 Å². The van der Waals surface area contributed by atoms with Crippen LogP contribution >= 0.6 is 0 Å². The Morgan fingerprint density at radius 3 is 2.57 bits per heavy atom. The Hall–Kier alpha value is -2.97. The molecule has 0 spiro atoms. The van der Waals surface area contributed by atoms with Crippen LogP contribution in [0.5, 0.6) is 0 Å². The van der Waals surface area contributed by atoms with Gasteiger partial charge in [-0.3, -0.25) is 4.79 Å². The summed E-state index contributed by atoms with van der Waals surface area (Å²) in [5.74, 6) is -0.317. The number of hydrogen-bond donors (Lipinski definition) is 2. The van der Waals surface area contributed by atoms with Crippen molar-refractivity contribution < 1.29 is 13.2 Å². The molecule has 8 heteroatoms. The standard InChI is InChI=1S/C20H22N4O3S/c1-15-7-8-18(28(26,27)21-2)11-19(15)20(25)23-12-16-5-3-4-6-17(16)13-24-10-9-22-14-24/h3-11,14,21H,12-13H2,1-2H3,(H,23,25). The minimum atomic E-state index is -3.61. The van der Waals surface area contributed by atoms with Crippen molar-refractivity contribution >= 4 is 15.9 Å². The van der Waals surface area contributed by atoms with E-state index in [1.54, 1.807) is 25.5 Å². The number of aromatic nitrogens is 2. The first-order chi connectivity index (χ1) is 13.4. The van der Waals surface area contributed by atoms with Crippen molar-refractivity contribution in [2.75, 3.05) is 7.05 Å². The van der Waals surface area contributed by atoms with Gasteiger partial charge < -0.3 is 9.88 Å². The van der Waals surface area contributed by atoms with Crippen LogP contribution in [0.25, 0.3) is 0 Å². The maximum absolute atomic E-state index is 12.7. The SMILES string of the molecule is CNS(=O)(=O)c1ccc(C)c(C(=O)NCc2ccccc2Cn2ccnc2)c1. The molecule has 0 fully saturated rings. The summed E-state index contributed by atoms with van der Waals surface area (Å²) >= 11 is 0. The fourth-order valence-electron chi connectivity index (χ4n) is 2.86. The normalized spacial score (nSPS) is 11.4. The number of nitrogens with zero attached hydrogens (tertiary/aromatic N) is 2. The minimum Gasteiger partial charge on any atom is -0.348 e. The summed E-state index contributed by atoms with van der Waals surface area (Å²) < 4.78 is 28.2. The van der Waals surface area contributed by atoms with Crippen molar-refractivity contribution in [3.8, 4) is 0 Å². The summed E-state index contributed by atoms with van der Waals surface area (Å²) in [7, 11) is -2.27. The third-order valence-electron chi connectivity index (χ3n) is 4.50. The molecule has 0 saturated heterocycles. The molecule has 28 heavy (non-hydrogen) atoms. The highest BCUT2D eigenvalue weighted by molar-refractivity contribution is 7.89. The zero-order chi connectivity index (χ0) is 20.1. The van der Waals surface area contributed by atoms with Crippen LogP contribution in [0.15, 0.2) is 66.1 Å². The quantitative estimate of drug-likeness (QED) is 0.637. The van der Waals surface area contributed by atoms with E-state index in [1.807, 2.05) is 35.0 Å². The first-order valence-corrected chi connectivity index (χ1v) is 10.2. The van der Waals surface area contributed by atoms with Crippen molar-refractivity contribution in [3.63, 3.8) is 0 Å². The zero-order valence-corrected chi connectivity index (χ0v) is 16.5. The van der Waals surface area contributed by atoms with E-state index < -0.39 is 10.0 Å². The molecular formula is C20H22N4O3S. The topological polar surface area (TPSA) is 93.1 Å². The van der Waals surface area contributed by atoms with Gasteiger partial charge in [0, 0.05) is 31.0 Å². The summed E-state index contributed by atoms with van der Waals surface area (Å²) in [6.45, 7) is 2.77. The first-order valence-electron chi connectivity index (χ1n) is 8.75. The lowest BCUT2D eigenvalue weighted by Gasteiger charge is -2.13. The summed E-state index contributed by atoms with van der Waals surface area (Å²) in [5.41, 5.74) is 3.10. The number of imidazole rings is 1. The molecule has 0 radical (unpaired) electrons. The van der Waals surface area contributed by atoms with E-state index in [9.17, 15) is 13.2 Å². The number of sulfonamides is 1. The van der Waals surface area contributed by atoms with Crippen LogP contribution in [-0.2, 0) is 23.1 Å². The Morgan fingerprint density at radius 1 is 1.14 bits per heavy atom. The maximum atomic E-state index is 12.7. The summed E-state index contributed by atoms with van der Waals surface area (Å²) in [6, 6.07) is 12.4. The van der Waals surface area contributed by atoms with Crippen molar-refractivity contribution in [1.29, 1.82) is 0 Å². The number of rotatable bonds is 7. The lowest BCUT2D eigenvalue weighted by molar-refractivity contribution is 0.0950. The van der Waals surface area contributed by atoms with Gasteiger partial charge in [0.1, 0.15) is 0 Å². The average molecular weight is 398 g/mol. The Morgan fingerprint density at radius 2 is 1.89 bits per heavy atom. The highest BCUT2D eigenvalue weighted by Crippen LogP contribution is 2.16. The molecule has 7 nitrogen and oxygen atoms in total. The minimum absolute atomic E-state index is 0.0613. The summed E-state index contributed by atoms with van der Waals surface area (Å²) in [4.78, 5) is 16.8. The molecule has 3 rings (SSSR count). The van der Waals surface area contributed by atoms with Crippen LogP contribution in [0.1, 0.15) is 27.0 Å². The van der Waals surface area contributed by atoms with E-state index in [-0.39, 0.29) is 10.8 Å². The van der Waals surface area contributed by atoms with Gasteiger partial charge >= 0.3 is 0 Å². The molecule has 0 aliphatic heterocycles. The Kier molecular flexibility index (Phi) is 5.91. The van der Waals surface area contributed by atoms with Gasteiger partial charge in [0.15, 0.2) is 0 Å². The Bertz CT molecular complexity index is 1080. The van der Waals surface area contributed by atoms with Gasteiger partial charge in [-0.05, 0) is 42.8 Å². The third kappa shape index (κ3) is 4.47. The number of carbonyl (C=O) groups excluding carboxylic acids is 1. The summed E-state index contributed by atoms with van der Waals surface area (Å²) in [6.07, 6.45) is 5.35. The third-order valence-corrected chi connectivity index (χ3v) is 5.91. The van der Waals surface area contributed by atoms with Gasteiger partial charge in [-0.15, -0.1) is 0 Å². The predicted octanol–water partition coefficient (Wildman–Crippen LogP) is 2.08. The largest absolute Gasteiger partial charge is 0.348 e. The molecular weight excluding hydrogens is 376 g/mol. The van der Waals surface area contributed by atoms with Gasteiger partial charge in [0.05, 0.1) is 11.2 Å². The predicted molar refractivity (Wildman–Crippen MR) is 106 cm³/mol. The molecule has 0 atom stereocenters. The molecule has 0 saturated carbocycles. The molecule has 146 valence electrons. The molecule has 2 N–H and O–H groups in total. The second kappa shape index (κ2) is 8.37. The van der Waals surface area contributed by atoms with E-state index in [1.165, 1.54) is 19.2 Å². The van der Waals surface area contributed by atoms with Gasteiger partial charge in [-0.2, -0.15) is 0 Å². The molecule has 2 aromatic carbocycles. The van der Waals surface area contributed by atoms with E-state index >= 15 is 0 Å². The fourth-order valence-corrected chi connectivity index (χ4v) is 3.62. The van der Waals surface area contributed by atoms with Crippen molar-refractivity contribution in [1.82, 2.24) is 19.6 Å². The Balaban J connectivity index is 1.77. The number of aryl methyl sites for hydroxylation is 1. The number of nitrogens with one attached hydrogen (secondary N) is 2. The number of hydrogen-bond acceptors (Lipinski definition) is 4. The van der Waals surface area contributed by atoms with E-state index in [2.05, 4.69) is 15.0 Å². The highest BCUT2D eigenvalue weighted by Gasteiger charge is 2.16. The fraction of sp³-hybridized carbons (Fsp3) is 0.200. The molecule has 3 aromatic rings. The van der Waals surface area contributed by atoms with Gasteiger partial charge in [-0.1, -0.05) is 30.3 Å². The monoisotopic (exact) mass is 398 g/mol. The van der Waals surface area contributed by atoms with E-state index in [4.69, 9.17) is 0 Å². The second-order valence-electron chi connectivity index (χ2n) is 6.37. The van der Waals surface area contributed by atoms with Gasteiger partial charge in [0.2, 0.25) is 10.0 Å². The molecule has 0 aliphatic carbocycles. The smallest absolute Gasteiger partial charge is 0.251 e. The molecule has 1 heterocycles. The van der Waals surface area contributed by atoms with E-state index in [0.29, 0.717) is 24.2 Å². The summed E-state index contributed by atoms with van der Waals surface area (Å²) in [5, 5.41) is 2.89. The molecule has 0 unspecified atom stereocenters. The van der Waals surface area contributed by atoms with Crippen LogP contribution in [0.2, 0.25) is 0 Å². The Labute approximate surface area is 164 Å². The molecule has 0 aliphatic rings. The van der Waals surface area contributed by atoms with E-state index in [0.717, 1.165) is 11.1 Å². The van der Waals surface area contributed by atoms with Crippen LogP contribution < -0.4 is 10.0 Å². The van der Waals surface area contributed by atoms with Crippen LogP contribution in [0, 0.1) is 6.92 Å². The van der Waals surface area contributed by atoms with Crippen LogP contribution in [-0.4, -0.2) is 30.9 Å². The molecule has 0 bridgehead atoms. The van der Waals surface area contributed by atoms with Crippen LogP contribution in [0.4, 0.5) is 0 Å². The average Bonchev–Trinajstić information content (AvgIpc) is 3.20.